The highest BCUT2D eigenvalue weighted by Crippen LogP contribution is 2.39. The number of aromatic nitrogens is 2. The molecule has 1 fully saturated rings. The van der Waals surface area contributed by atoms with Crippen molar-refractivity contribution in [3.63, 3.8) is 0 Å². The molecule has 0 radical (unpaired) electrons. The number of hydrogen-bond acceptors (Lipinski definition) is 3. The molecule has 1 saturated carbocycles. The second-order valence-corrected chi connectivity index (χ2v) is 4.88. The Morgan fingerprint density at radius 1 is 1.33 bits per heavy atom. The van der Waals surface area contributed by atoms with Gasteiger partial charge in [-0.2, -0.15) is 0 Å². The van der Waals surface area contributed by atoms with E-state index in [4.69, 9.17) is 0 Å². The Hall–Kier alpha value is -1.59. The van der Waals surface area contributed by atoms with E-state index in [9.17, 15) is 10.0 Å². The maximum atomic E-state index is 9.49. The lowest BCUT2D eigenvalue weighted by Gasteiger charge is -2.11. The van der Waals surface area contributed by atoms with Crippen LogP contribution in [0.4, 0.5) is 0 Å². The van der Waals surface area contributed by atoms with Crippen LogP contribution in [0.2, 0.25) is 0 Å². The molecule has 0 spiro atoms. The van der Waals surface area contributed by atoms with Crippen LogP contribution >= 0.6 is 0 Å². The van der Waals surface area contributed by atoms with Crippen molar-refractivity contribution < 1.29 is 10.0 Å². The number of imidazole rings is 1. The van der Waals surface area contributed by atoms with Crippen molar-refractivity contribution >= 4 is 12.6 Å². The Balaban J connectivity index is 2.04. The van der Waals surface area contributed by atoms with Crippen LogP contribution in [0, 0.1) is 6.92 Å². The largest absolute Gasteiger partial charge is 0.488 e. The quantitative estimate of drug-likeness (QED) is 0.780. The molecule has 1 aliphatic rings. The van der Waals surface area contributed by atoms with Gasteiger partial charge in [0.2, 0.25) is 0 Å². The summed E-state index contributed by atoms with van der Waals surface area (Å²) in [5.41, 5.74) is 3.52. The lowest BCUT2D eigenvalue weighted by Crippen LogP contribution is -2.33. The van der Waals surface area contributed by atoms with Gasteiger partial charge in [0.1, 0.15) is 0 Å². The molecule has 0 saturated heterocycles. The molecule has 1 aliphatic carbocycles. The molecule has 0 unspecified atom stereocenters. The van der Waals surface area contributed by atoms with Crippen LogP contribution in [0.5, 0.6) is 0 Å². The first-order valence-corrected chi connectivity index (χ1v) is 6.16. The van der Waals surface area contributed by atoms with Gasteiger partial charge in [-0.25, -0.2) is 4.98 Å². The summed E-state index contributed by atoms with van der Waals surface area (Å²) in [6.07, 6.45) is 5.93. The Morgan fingerprint density at radius 2 is 2.11 bits per heavy atom. The van der Waals surface area contributed by atoms with Crippen LogP contribution in [0.25, 0.3) is 5.69 Å². The van der Waals surface area contributed by atoms with Gasteiger partial charge >= 0.3 is 7.12 Å². The van der Waals surface area contributed by atoms with E-state index in [1.807, 2.05) is 35.9 Å². The zero-order chi connectivity index (χ0) is 12.7. The van der Waals surface area contributed by atoms with Crippen molar-refractivity contribution in [1.29, 1.82) is 0 Å². The van der Waals surface area contributed by atoms with Crippen LogP contribution in [0.3, 0.4) is 0 Å². The van der Waals surface area contributed by atoms with E-state index in [0.29, 0.717) is 11.4 Å². The summed E-state index contributed by atoms with van der Waals surface area (Å²) in [4.78, 5) is 4.18. The third-order valence-corrected chi connectivity index (χ3v) is 3.38. The van der Waals surface area contributed by atoms with E-state index < -0.39 is 7.12 Å². The Kier molecular flexibility index (Phi) is 2.72. The molecule has 1 aromatic heterocycles. The number of aryl methyl sites for hydroxylation is 1. The predicted molar refractivity (Wildman–Crippen MR) is 70.1 cm³/mol. The minimum atomic E-state index is -1.41. The van der Waals surface area contributed by atoms with Crippen LogP contribution in [0.1, 0.15) is 30.0 Å². The molecule has 0 bridgehead atoms. The number of rotatable bonds is 3. The zero-order valence-corrected chi connectivity index (χ0v) is 10.2. The Labute approximate surface area is 106 Å². The molecular weight excluding hydrogens is 227 g/mol. The fourth-order valence-electron chi connectivity index (χ4n) is 2.27. The van der Waals surface area contributed by atoms with Crippen molar-refractivity contribution in [3.8, 4) is 5.69 Å². The van der Waals surface area contributed by atoms with Gasteiger partial charge in [-0.1, -0.05) is 6.07 Å². The number of benzene rings is 1. The van der Waals surface area contributed by atoms with Gasteiger partial charge < -0.3 is 14.6 Å². The highest BCUT2D eigenvalue weighted by molar-refractivity contribution is 6.59. The lowest BCUT2D eigenvalue weighted by molar-refractivity contribution is 0.425. The Morgan fingerprint density at radius 3 is 2.67 bits per heavy atom. The van der Waals surface area contributed by atoms with Crippen LogP contribution in [-0.2, 0) is 0 Å². The fourth-order valence-corrected chi connectivity index (χ4v) is 2.27. The molecule has 1 heterocycles. The molecule has 4 nitrogen and oxygen atoms in total. The summed E-state index contributed by atoms with van der Waals surface area (Å²) >= 11 is 0. The first-order chi connectivity index (χ1) is 8.65. The number of hydrogen-bond donors (Lipinski definition) is 2. The minimum absolute atomic E-state index is 0.500. The van der Waals surface area contributed by atoms with Gasteiger partial charge in [0.15, 0.2) is 0 Å². The minimum Gasteiger partial charge on any atom is -0.423 e. The molecule has 0 amide bonds. The summed E-state index contributed by atoms with van der Waals surface area (Å²) in [5.74, 6) is 0.500. The molecule has 1 aromatic carbocycles. The predicted octanol–water partition coefficient (Wildman–Crippen LogP) is 0.738. The first kappa shape index (κ1) is 11.5. The summed E-state index contributed by atoms with van der Waals surface area (Å²) in [6.45, 7) is 1.93. The van der Waals surface area contributed by atoms with Gasteiger partial charge in [-0.15, -0.1) is 0 Å². The van der Waals surface area contributed by atoms with Crippen molar-refractivity contribution in [2.75, 3.05) is 0 Å². The molecule has 0 aliphatic heterocycles. The van der Waals surface area contributed by atoms with Crippen molar-refractivity contribution in [1.82, 2.24) is 9.55 Å². The third-order valence-electron chi connectivity index (χ3n) is 3.38. The average Bonchev–Trinajstić information content (AvgIpc) is 3.11. The third kappa shape index (κ3) is 2.07. The zero-order valence-electron chi connectivity index (χ0n) is 10.2. The van der Waals surface area contributed by atoms with E-state index >= 15 is 0 Å². The topological polar surface area (TPSA) is 58.3 Å². The maximum absolute atomic E-state index is 9.49. The molecular formula is C13H15BN2O2. The first-order valence-electron chi connectivity index (χ1n) is 6.16. The maximum Gasteiger partial charge on any atom is 0.488 e. The van der Waals surface area contributed by atoms with Crippen molar-refractivity contribution in [3.05, 3.63) is 42.0 Å². The van der Waals surface area contributed by atoms with E-state index in [0.717, 1.165) is 29.8 Å². The molecule has 2 N–H and O–H groups in total. The molecule has 3 rings (SSSR count). The number of nitrogens with zero attached hydrogens (tertiary/aromatic N) is 2. The SMILES string of the molecule is Cc1cn(-c2ccc(C3CC3)c(B(O)O)c2)cn1. The molecule has 0 atom stereocenters. The molecule has 5 heteroatoms. The normalized spacial score (nSPS) is 14.8. The van der Waals surface area contributed by atoms with E-state index in [2.05, 4.69) is 4.98 Å². The highest BCUT2D eigenvalue weighted by atomic mass is 16.4. The summed E-state index contributed by atoms with van der Waals surface area (Å²) < 4.78 is 1.89. The summed E-state index contributed by atoms with van der Waals surface area (Å²) in [6, 6.07) is 5.83. The summed E-state index contributed by atoms with van der Waals surface area (Å²) in [7, 11) is -1.41. The fraction of sp³-hybridized carbons (Fsp3) is 0.308. The monoisotopic (exact) mass is 242 g/mol. The molecule has 92 valence electrons. The summed E-state index contributed by atoms with van der Waals surface area (Å²) in [5, 5.41) is 19.0. The van der Waals surface area contributed by atoms with E-state index in [-0.39, 0.29) is 0 Å². The van der Waals surface area contributed by atoms with Crippen molar-refractivity contribution in [2.45, 2.75) is 25.7 Å². The van der Waals surface area contributed by atoms with Crippen LogP contribution in [-0.4, -0.2) is 26.7 Å². The van der Waals surface area contributed by atoms with E-state index in [1.54, 1.807) is 6.33 Å². The average molecular weight is 242 g/mol. The van der Waals surface area contributed by atoms with Gasteiger partial charge in [-0.05, 0) is 48.8 Å². The van der Waals surface area contributed by atoms with Crippen LogP contribution in [0.15, 0.2) is 30.7 Å². The second-order valence-electron chi connectivity index (χ2n) is 4.88. The highest BCUT2D eigenvalue weighted by Gasteiger charge is 2.29. The van der Waals surface area contributed by atoms with Gasteiger partial charge in [0, 0.05) is 11.9 Å². The Bertz CT molecular complexity index is 576. The standard InChI is InChI=1S/C13H15BN2O2/c1-9-7-16(8-15-9)11-4-5-12(10-2-3-10)13(6-11)14(17)18/h4-8,10,17-18H,2-3H2,1H3. The van der Waals surface area contributed by atoms with Gasteiger partial charge in [-0.3, -0.25) is 0 Å². The smallest absolute Gasteiger partial charge is 0.423 e. The lowest BCUT2D eigenvalue weighted by atomic mass is 9.75. The molecule has 2 aromatic rings. The molecule has 18 heavy (non-hydrogen) atoms. The van der Waals surface area contributed by atoms with Crippen molar-refractivity contribution in [2.24, 2.45) is 0 Å². The van der Waals surface area contributed by atoms with Gasteiger partial charge in [0.25, 0.3) is 0 Å². The second kappa shape index (κ2) is 4.26. The van der Waals surface area contributed by atoms with Crippen LogP contribution < -0.4 is 5.46 Å². The van der Waals surface area contributed by atoms with E-state index in [1.165, 1.54) is 0 Å². The van der Waals surface area contributed by atoms with Gasteiger partial charge in [0.05, 0.1) is 12.0 Å².